The second kappa shape index (κ2) is 7.51. The fourth-order valence-electron chi connectivity index (χ4n) is 2.90. The molecule has 0 radical (unpaired) electrons. The Morgan fingerprint density at radius 1 is 1.32 bits per heavy atom. The molecule has 3 heterocycles. The number of thiophene rings is 1. The van der Waals surface area contributed by atoms with Gasteiger partial charge in [-0.2, -0.15) is 11.3 Å². The van der Waals surface area contributed by atoms with Gasteiger partial charge in [0.1, 0.15) is 0 Å². The third kappa shape index (κ3) is 3.72. The predicted octanol–water partition coefficient (Wildman–Crippen LogP) is 2.93. The highest BCUT2D eigenvalue weighted by atomic mass is 32.1. The summed E-state index contributed by atoms with van der Waals surface area (Å²) in [4.78, 5) is 19.3. The van der Waals surface area contributed by atoms with Crippen molar-refractivity contribution in [1.82, 2.24) is 15.2 Å². The van der Waals surface area contributed by atoms with E-state index < -0.39 is 0 Å². The number of carbonyl (C=O) groups is 1. The Morgan fingerprint density at radius 2 is 2.27 bits per heavy atom. The van der Waals surface area contributed by atoms with Gasteiger partial charge in [0.15, 0.2) is 0 Å². The van der Waals surface area contributed by atoms with Crippen molar-refractivity contribution in [2.24, 2.45) is 0 Å². The average Bonchev–Trinajstić information content (AvgIpc) is 2.96. The SMILES string of the molecule is O=C(c1ccsc1)N(Cc1ccccn1)[C@H]1CCCNCC1. The number of rotatable bonds is 4. The average molecular weight is 315 g/mol. The monoisotopic (exact) mass is 315 g/mol. The van der Waals surface area contributed by atoms with Gasteiger partial charge in [0.05, 0.1) is 17.8 Å². The molecule has 1 aliphatic heterocycles. The number of hydrogen-bond donors (Lipinski definition) is 1. The van der Waals surface area contributed by atoms with E-state index in [2.05, 4.69) is 10.3 Å². The number of carbonyl (C=O) groups excluding carboxylic acids is 1. The Hall–Kier alpha value is -1.72. The molecule has 0 spiro atoms. The van der Waals surface area contributed by atoms with Gasteiger partial charge in [-0.3, -0.25) is 9.78 Å². The van der Waals surface area contributed by atoms with E-state index >= 15 is 0 Å². The zero-order valence-corrected chi connectivity index (χ0v) is 13.4. The largest absolute Gasteiger partial charge is 0.330 e. The van der Waals surface area contributed by atoms with Crippen molar-refractivity contribution >= 4 is 17.2 Å². The van der Waals surface area contributed by atoms with Gasteiger partial charge in [0.25, 0.3) is 5.91 Å². The molecule has 2 aromatic rings. The van der Waals surface area contributed by atoms with Crippen LogP contribution in [0, 0.1) is 0 Å². The molecule has 1 fully saturated rings. The van der Waals surface area contributed by atoms with Gasteiger partial charge in [-0.25, -0.2) is 0 Å². The van der Waals surface area contributed by atoms with Gasteiger partial charge in [0.2, 0.25) is 0 Å². The topological polar surface area (TPSA) is 45.2 Å². The molecule has 2 aromatic heterocycles. The lowest BCUT2D eigenvalue weighted by atomic mass is 10.1. The third-order valence-corrected chi connectivity index (χ3v) is 4.76. The minimum absolute atomic E-state index is 0.124. The smallest absolute Gasteiger partial charge is 0.255 e. The molecule has 0 unspecified atom stereocenters. The first-order valence-corrected chi connectivity index (χ1v) is 8.72. The minimum atomic E-state index is 0.124. The van der Waals surface area contributed by atoms with Crippen molar-refractivity contribution in [3.05, 3.63) is 52.5 Å². The van der Waals surface area contributed by atoms with Crippen molar-refractivity contribution in [3.63, 3.8) is 0 Å². The van der Waals surface area contributed by atoms with Gasteiger partial charge >= 0.3 is 0 Å². The molecular weight excluding hydrogens is 294 g/mol. The second-order valence-electron chi connectivity index (χ2n) is 5.60. The molecule has 0 aromatic carbocycles. The fraction of sp³-hybridized carbons (Fsp3) is 0.412. The lowest BCUT2D eigenvalue weighted by Crippen LogP contribution is -2.40. The number of hydrogen-bond acceptors (Lipinski definition) is 4. The van der Waals surface area contributed by atoms with Crippen LogP contribution in [-0.4, -0.2) is 34.9 Å². The van der Waals surface area contributed by atoms with Gasteiger partial charge in [-0.1, -0.05) is 6.07 Å². The van der Waals surface area contributed by atoms with Gasteiger partial charge in [-0.05, 0) is 55.9 Å². The number of nitrogens with one attached hydrogen (secondary N) is 1. The van der Waals surface area contributed by atoms with Crippen molar-refractivity contribution in [3.8, 4) is 0 Å². The van der Waals surface area contributed by atoms with Gasteiger partial charge < -0.3 is 10.2 Å². The summed E-state index contributed by atoms with van der Waals surface area (Å²) in [7, 11) is 0. The fourth-order valence-corrected chi connectivity index (χ4v) is 3.53. The molecule has 0 aliphatic carbocycles. The molecule has 1 amide bonds. The number of pyridine rings is 1. The number of amides is 1. The molecule has 1 saturated heterocycles. The predicted molar refractivity (Wildman–Crippen MR) is 88.9 cm³/mol. The molecule has 22 heavy (non-hydrogen) atoms. The van der Waals surface area contributed by atoms with Crippen LogP contribution in [0.2, 0.25) is 0 Å². The van der Waals surface area contributed by atoms with E-state index in [-0.39, 0.29) is 11.9 Å². The van der Waals surface area contributed by atoms with Gasteiger partial charge in [0, 0.05) is 17.6 Å². The normalized spacial score (nSPS) is 18.6. The van der Waals surface area contributed by atoms with Crippen molar-refractivity contribution in [2.45, 2.75) is 31.8 Å². The summed E-state index contributed by atoms with van der Waals surface area (Å²) >= 11 is 1.57. The Morgan fingerprint density at radius 3 is 3.05 bits per heavy atom. The van der Waals surface area contributed by atoms with Crippen LogP contribution < -0.4 is 5.32 Å². The summed E-state index contributed by atoms with van der Waals surface area (Å²) < 4.78 is 0. The quantitative estimate of drug-likeness (QED) is 0.943. The standard InChI is InChI=1S/C17H21N3OS/c21-17(14-7-11-22-13-14)20(12-15-4-1-2-9-19-15)16-5-3-8-18-10-6-16/h1-2,4,7,9,11,13,16,18H,3,5-6,8,10,12H2/t16-/m0/s1. The molecule has 1 N–H and O–H groups in total. The molecule has 0 saturated carbocycles. The van der Waals surface area contributed by atoms with E-state index in [1.54, 1.807) is 17.5 Å². The zero-order chi connectivity index (χ0) is 15.2. The highest BCUT2D eigenvalue weighted by Crippen LogP contribution is 2.20. The third-order valence-electron chi connectivity index (χ3n) is 4.07. The number of aromatic nitrogens is 1. The lowest BCUT2D eigenvalue weighted by Gasteiger charge is -2.30. The first-order chi connectivity index (χ1) is 10.8. The Balaban J connectivity index is 1.82. The van der Waals surface area contributed by atoms with Crippen LogP contribution in [0.5, 0.6) is 0 Å². The first-order valence-electron chi connectivity index (χ1n) is 7.78. The summed E-state index contributed by atoms with van der Waals surface area (Å²) in [5.41, 5.74) is 1.74. The van der Waals surface area contributed by atoms with E-state index in [9.17, 15) is 4.79 Å². The molecule has 5 heteroatoms. The van der Waals surface area contributed by atoms with Crippen LogP contribution in [0.4, 0.5) is 0 Å². The van der Waals surface area contributed by atoms with Crippen LogP contribution in [0.3, 0.4) is 0 Å². The maximum Gasteiger partial charge on any atom is 0.255 e. The molecular formula is C17H21N3OS. The Kier molecular flexibility index (Phi) is 5.19. The molecule has 1 aliphatic rings. The van der Waals surface area contributed by atoms with Crippen LogP contribution in [-0.2, 0) is 6.54 Å². The maximum atomic E-state index is 12.9. The van der Waals surface area contributed by atoms with Crippen LogP contribution >= 0.6 is 11.3 Å². The van der Waals surface area contributed by atoms with Gasteiger partial charge in [-0.15, -0.1) is 0 Å². The molecule has 116 valence electrons. The van der Waals surface area contributed by atoms with Crippen LogP contribution in [0.15, 0.2) is 41.2 Å². The summed E-state index contributed by atoms with van der Waals surface area (Å²) in [5.74, 6) is 0.124. The summed E-state index contributed by atoms with van der Waals surface area (Å²) in [5, 5.41) is 7.31. The minimum Gasteiger partial charge on any atom is -0.330 e. The number of nitrogens with zero attached hydrogens (tertiary/aromatic N) is 2. The molecule has 0 bridgehead atoms. The molecule has 3 rings (SSSR count). The van der Waals surface area contributed by atoms with Crippen LogP contribution in [0.25, 0.3) is 0 Å². The van der Waals surface area contributed by atoms with Crippen molar-refractivity contribution < 1.29 is 4.79 Å². The lowest BCUT2D eigenvalue weighted by molar-refractivity contribution is 0.0643. The highest BCUT2D eigenvalue weighted by Gasteiger charge is 2.26. The highest BCUT2D eigenvalue weighted by molar-refractivity contribution is 7.08. The molecule has 1 atom stereocenters. The van der Waals surface area contributed by atoms with Crippen molar-refractivity contribution in [1.29, 1.82) is 0 Å². The first kappa shape index (κ1) is 15.2. The van der Waals surface area contributed by atoms with E-state index in [0.29, 0.717) is 6.54 Å². The van der Waals surface area contributed by atoms with E-state index in [1.807, 2.05) is 39.9 Å². The maximum absolute atomic E-state index is 12.9. The summed E-state index contributed by atoms with van der Waals surface area (Å²) in [6, 6.07) is 8.06. The Bertz CT molecular complexity index is 577. The summed E-state index contributed by atoms with van der Waals surface area (Å²) in [6.07, 6.45) is 4.95. The second-order valence-corrected chi connectivity index (χ2v) is 6.38. The van der Waals surface area contributed by atoms with Crippen LogP contribution in [0.1, 0.15) is 35.3 Å². The summed E-state index contributed by atoms with van der Waals surface area (Å²) in [6.45, 7) is 2.60. The van der Waals surface area contributed by atoms with E-state index in [0.717, 1.165) is 43.6 Å². The van der Waals surface area contributed by atoms with E-state index in [1.165, 1.54) is 0 Å². The zero-order valence-electron chi connectivity index (χ0n) is 12.6. The Labute approximate surface area is 135 Å². The molecule has 4 nitrogen and oxygen atoms in total. The van der Waals surface area contributed by atoms with Crippen molar-refractivity contribution in [2.75, 3.05) is 13.1 Å². The van der Waals surface area contributed by atoms with E-state index in [4.69, 9.17) is 0 Å².